The van der Waals surface area contributed by atoms with Gasteiger partial charge in [-0.05, 0) is 42.7 Å². The van der Waals surface area contributed by atoms with Crippen LogP contribution in [0.2, 0.25) is 0 Å². The smallest absolute Gasteiger partial charge is 0.251 e. The van der Waals surface area contributed by atoms with Crippen LogP contribution in [0, 0.1) is 5.82 Å². The highest BCUT2D eigenvalue weighted by Gasteiger charge is 2.29. The van der Waals surface area contributed by atoms with Gasteiger partial charge in [-0.15, -0.1) is 0 Å². The van der Waals surface area contributed by atoms with Crippen LogP contribution >= 0.6 is 0 Å². The number of amides is 2. The van der Waals surface area contributed by atoms with E-state index in [9.17, 15) is 14.0 Å². The molecule has 1 aliphatic heterocycles. The predicted octanol–water partition coefficient (Wildman–Crippen LogP) is 3.68. The van der Waals surface area contributed by atoms with Crippen LogP contribution in [0.3, 0.4) is 0 Å². The minimum Gasteiger partial charge on any atom is -0.355 e. The second-order valence-electron chi connectivity index (χ2n) is 7.64. The van der Waals surface area contributed by atoms with Gasteiger partial charge in [0.05, 0.1) is 11.1 Å². The molecule has 0 unspecified atom stereocenters. The SMILES string of the molecule is CNC(=O)c1cc([C@@H]2CCN(C(=O)CCc3ccc(F)cc3)C2)nc2ccccc12. The summed E-state index contributed by atoms with van der Waals surface area (Å²) in [5.41, 5.74) is 3.20. The number of nitrogens with one attached hydrogen (secondary N) is 1. The molecule has 2 amide bonds. The van der Waals surface area contributed by atoms with E-state index in [-0.39, 0.29) is 23.5 Å². The molecular weight excluding hydrogens is 381 g/mol. The summed E-state index contributed by atoms with van der Waals surface area (Å²) in [6.45, 7) is 1.28. The zero-order valence-electron chi connectivity index (χ0n) is 16.9. The van der Waals surface area contributed by atoms with Crippen molar-refractivity contribution in [2.24, 2.45) is 0 Å². The maximum absolute atomic E-state index is 13.0. The number of hydrogen-bond acceptors (Lipinski definition) is 3. The van der Waals surface area contributed by atoms with Gasteiger partial charge in [-0.25, -0.2) is 4.39 Å². The normalized spacial score (nSPS) is 16.1. The van der Waals surface area contributed by atoms with Crippen LogP contribution in [0.5, 0.6) is 0 Å². The molecule has 1 aliphatic rings. The minimum atomic E-state index is -0.272. The lowest BCUT2D eigenvalue weighted by molar-refractivity contribution is -0.130. The summed E-state index contributed by atoms with van der Waals surface area (Å²) in [7, 11) is 1.62. The van der Waals surface area contributed by atoms with Crippen LogP contribution in [0.1, 0.15) is 40.4 Å². The molecule has 1 saturated heterocycles. The van der Waals surface area contributed by atoms with Crippen molar-refractivity contribution >= 4 is 22.7 Å². The lowest BCUT2D eigenvalue weighted by Gasteiger charge is -2.17. The van der Waals surface area contributed by atoms with Crippen LogP contribution < -0.4 is 5.32 Å². The van der Waals surface area contributed by atoms with Crippen LogP contribution in [-0.4, -0.2) is 41.8 Å². The molecule has 4 rings (SSSR count). The molecule has 6 heteroatoms. The first kappa shape index (κ1) is 20.0. The number of rotatable bonds is 5. The van der Waals surface area contributed by atoms with E-state index in [2.05, 4.69) is 5.32 Å². The number of halogens is 1. The number of carbonyl (C=O) groups is 2. The Morgan fingerprint density at radius 3 is 2.70 bits per heavy atom. The molecule has 1 N–H and O–H groups in total. The van der Waals surface area contributed by atoms with E-state index < -0.39 is 0 Å². The van der Waals surface area contributed by atoms with Crippen molar-refractivity contribution in [2.45, 2.75) is 25.2 Å². The molecule has 5 nitrogen and oxygen atoms in total. The number of fused-ring (bicyclic) bond motifs is 1. The Kier molecular flexibility index (Phi) is 5.74. The minimum absolute atomic E-state index is 0.0918. The van der Waals surface area contributed by atoms with Crippen molar-refractivity contribution in [3.63, 3.8) is 0 Å². The first-order valence-corrected chi connectivity index (χ1v) is 10.2. The highest BCUT2D eigenvalue weighted by Crippen LogP contribution is 2.29. The summed E-state index contributed by atoms with van der Waals surface area (Å²) in [4.78, 5) is 31.7. The van der Waals surface area contributed by atoms with Gasteiger partial charge in [0.1, 0.15) is 5.82 Å². The Morgan fingerprint density at radius 1 is 1.17 bits per heavy atom. The molecular formula is C24H24FN3O2. The summed E-state index contributed by atoms with van der Waals surface area (Å²) >= 11 is 0. The molecule has 1 fully saturated rings. The molecule has 0 aliphatic carbocycles. The van der Waals surface area contributed by atoms with Gasteiger partial charge < -0.3 is 10.2 Å². The van der Waals surface area contributed by atoms with Gasteiger partial charge in [0.2, 0.25) is 5.91 Å². The van der Waals surface area contributed by atoms with Crippen LogP contribution in [0.4, 0.5) is 4.39 Å². The maximum atomic E-state index is 13.0. The van der Waals surface area contributed by atoms with Crippen LogP contribution in [0.25, 0.3) is 10.9 Å². The van der Waals surface area contributed by atoms with Gasteiger partial charge in [0.25, 0.3) is 5.91 Å². The van der Waals surface area contributed by atoms with Crippen LogP contribution in [0.15, 0.2) is 54.6 Å². The number of nitrogens with zero attached hydrogens (tertiary/aromatic N) is 2. The molecule has 0 bridgehead atoms. The number of aromatic nitrogens is 1. The lowest BCUT2D eigenvalue weighted by Crippen LogP contribution is -2.28. The number of carbonyl (C=O) groups excluding carboxylic acids is 2. The highest BCUT2D eigenvalue weighted by atomic mass is 19.1. The van der Waals surface area contributed by atoms with E-state index in [4.69, 9.17) is 4.98 Å². The first-order valence-electron chi connectivity index (χ1n) is 10.2. The molecule has 2 aromatic carbocycles. The molecule has 154 valence electrons. The van der Waals surface area contributed by atoms with E-state index in [1.54, 1.807) is 19.2 Å². The highest BCUT2D eigenvalue weighted by molar-refractivity contribution is 6.06. The standard InChI is InChI=1S/C24H24FN3O2/c1-26-24(30)20-14-22(27-21-5-3-2-4-19(20)21)17-12-13-28(15-17)23(29)11-8-16-6-9-18(25)10-7-16/h2-7,9-10,14,17H,8,11-13,15H2,1H3,(H,26,30)/t17-/m1/s1. The van der Waals surface area contributed by atoms with Gasteiger partial charge >= 0.3 is 0 Å². The number of hydrogen-bond donors (Lipinski definition) is 1. The molecule has 0 spiro atoms. The van der Waals surface area contributed by atoms with Crippen molar-refractivity contribution in [3.05, 3.63) is 77.2 Å². The fourth-order valence-electron chi connectivity index (χ4n) is 4.02. The Bertz CT molecular complexity index is 1080. The fourth-order valence-corrected chi connectivity index (χ4v) is 4.02. The summed E-state index contributed by atoms with van der Waals surface area (Å²) in [5, 5.41) is 3.52. The number of likely N-dealkylation sites (tertiary alicyclic amines) is 1. The molecule has 3 aromatic rings. The number of benzene rings is 2. The summed E-state index contributed by atoms with van der Waals surface area (Å²) in [6, 6.07) is 15.7. The molecule has 1 aromatic heterocycles. The van der Waals surface area contributed by atoms with Crippen molar-refractivity contribution in [2.75, 3.05) is 20.1 Å². The third kappa shape index (κ3) is 4.17. The molecule has 0 saturated carbocycles. The first-order chi connectivity index (χ1) is 14.5. The Morgan fingerprint density at radius 2 is 1.93 bits per heavy atom. The summed E-state index contributed by atoms with van der Waals surface area (Å²) in [6.07, 6.45) is 1.81. The fraction of sp³-hybridized carbons (Fsp3) is 0.292. The van der Waals surface area contributed by atoms with E-state index in [1.165, 1.54) is 12.1 Å². The number of pyridine rings is 1. The Hall–Kier alpha value is -3.28. The third-order valence-electron chi connectivity index (χ3n) is 5.71. The van der Waals surface area contributed by atoms with Gasteiger partial charge in [0.15, 0.2) is 0 Å². The molecule has 0 radical (unpaired) electrons. The number of para-hydroxylation sites is 1. The second-order valence-corrected chi connectivity index (χ2v) is 7.64. The topological polar surface area (TPSA) is 62.3 Å². The lowest BCUT2D eigenvalue weighted by atomic mass is 9.99. The van der Waals surface area contributed by atoms with E-state index in [0.717, 1.165) is 28.6 Å². The Balaban J connectivity index is 1.47. The van der Waals surface area contributed by atoms with Crippen LogP contribution in [-0.2, 0) is 11.2 Å². The predicted molar refractivity (Wildman–Crippen MR) is 114 cm³/mol. The van der Waals surface area contributed by atoms with Crippen molar-refractivity contribution < 1.29 is 14.0 Å². The summed E-state index contributed by atoms with van der Waals surface area (Å²) < 4.78 is 13.0. The second kappa shape index (κ2) is 8.61. The average Bonchev–Trinajstić information content (AvgIpc) is 3.27. The largest absolute Gasteiger partial charge is 0.355 e. The van der Waals surface area contributed by atoms with Gasteiger partial charge in [-0.3, -0.25) is 14.6 Å². The molecule has 1 atom stereocenters. The molecule has 30 heavy (non-hydrogen) atoms. The average molecular weight is 405 g/mol. The van der Waals surface area contributed by atoms with Gasteiger partial charge in [-0.2, -0.15) is 0 Å². The van der Waals surface area contributed by atoms with Crippen molar-refractivity contribution in [1.29, 1.82) is 0 Å². The van der Waals surface area contributed by atoms with Gasteiger partial charge in [-0.1, -0.05) is 30.3 Å². The Labute approximate surface area is 174 Å². The van der Waals surface area contributed by atoms with Crippen molar-refractivity contribution in [3.8, 4) is 0 Å². The van der Waals surface area contributed by atoms with E-state index >= 15 is 0 Å². The van der Waals surface area contributed by atoms with E-state index in [1.807, 2.05) is 35.2 Å². The third-order valence-corrected chi connectivity index (χ3v) is 5.71. The quantitative estimate of drug-likeness (QED) is 0.704. The van der Waals surface area contributed by atoms with Crippen molar-refractivity contribution in [1.82, 2.24) is 15.2 Å². The molecule has 2 heterocycles. The number of aryl methyl sites for hydroxylation is 1. The maximum Gasteiger partial charge on any atom is 0.251 e. The van der Waals surface area contributed by atoms with Gasteiger partial charge in [0, 0.05) is 43.6 Å². The van der Waals surface area contributed by atoms with E-state index in [0.29, 0.717) is 31.5 Å². The summed E-state index contributed by atoms with van der Waals surface area (Å²) in [5.74, 6) is -0.214. The zero-order chi connectivity index (χ0) is 21.1. The zero-order valence-corrected chi connectivity index (χ0v) is 16.9. The monoisotopic (exact) mass is 405 g/mol.